The highest BCUT2D eigenvalue weighted by molar-refractivity contribution is 5.84. The predicted octanol–water partition coefficient (Wildman–Crippen LogP) is 4.09. The van der Waals surface area contributed by atoms with Crippen LogP contribution < -0.4 is 19.6 Å². The molecule has 0 aromatic heterocycles. The normalized spacial score (nSPS) is 11.3. The van der Waals surface area contributed by atoms with Crippen LogP contribution in [0.3, 0.4) is 0 Å². The number of ether oxygens (including phenoxy) is 3. The monoisotopic (exact) mass is 382 g/mol. The molecule has 2 aromatic carbocycles. The number of hydrogen-bond donors (Lipinski definition) is 1. The Labute approximate surface area is 153 Å². The number of methoxy groups -OCH3 is 2. The molecule has 1 N–H and O–H groups in total. The van der Waals surface area contributed by atoms with Gasteiger partial charge in [0.1, 0.15) is 0 Å². The molecule has 27 heavy (non-hydrogen) atoms. The molecule has 0 amide bonds. The van der Waals surface area contributed by atoms with Gasteiger partial charge >= 0.3 is 12.1 Å². The third kappa shape index (κ3) is 5.13. The number of hydrogen-bond acceptors (Lipinski definition) is 6. The summed E-state index contributed by atoms with van der Waals surface area (Å²) in [4.78, 5) is 11.2. The molecule has 0 aliphatic carbocycles. The molecule has 0 saturated carbocycles. The minimum Gasteiger partial charge on any atom is -0.493 e. The number of carbonyl (C=O) groups is 1. The van der Waals surface area contributed by atoms with E-state index in [0.717, 1.165) is 6.07 Å². The minimum atomic E-state index is -4.50. The Hall–Kier alpha value is -3.23. The fraction of sp³-hybridized carbons (Fsp3) is 0.222. The first-order valence-corrected chi connectivity index (χ1v) is 7.66. The molecule has 0 saturated heterocycles. The van der Waals surface area contributed by atoms with E-state index in [-0.39, 0.29) is 22.9 Å². The SMILES string of the molecule is COc1cc(C=NNc2ccccc2C(F)(F)F)cc(OC)c1OC(C)=O. The summed E-state index contributed by atoms with van der Waals surface area (Å²) >= 11 is 0. The zero-order valence-electron chi connectivity index (χ0n) is 14.8. The van der Waals surface area contributed by atoms with Gasteiger partial charge in [-0.2, -0.15) is 18.3 Å². The van der Waals surface area contributed by atoms with Gasteiger partial charge < -0.3 is 14.2 Å². The zero-order chi connectivity index (χ0) is 20.0. The van der Waals surface area contributed by atoms with Gasteiger partial charge in [-0.1, -0.05) is 12.1 Å². The van der Waals surface area contributed by atoms with Crippen LogP contribution in [-0.4, -0.2) is 26.4 Å². The summed E-state index contributed by atoms with van der Waals surface area (Å²) in [6, 6.07) is 7.99. The Kier molecular flexibility index (Phi) is 6.27. The quantitative estimate of drug-likeness (QED) is 0.353. The summed E-state index contributed by atoms with van der Waals surface area (Å²) in [5, 5.41) is 3.83. The van der Waals surface area contributed by atoms with Gasteiger partial charge in [-0.15, -0.1) is 0 Å². The van der Waals surface area contributed by atoms with E-state index in [9.17, 15) is 18.0 Å². The van der Waals surface area contributed by atoms with Crippen molar-refractivity contribution in [2.24, 2.45) is 5.10 Å². The molecule has 0 spiro atoms. The topological polar surface area (TPSA) is 69.2 Å². The van der Waals surface area contributed by atoms with E-state index in [1.165, 1.54) is 57.7 Å². The number of para-hydroxylation sites is 1. The Balaban J connectivity index is 2.29. The molecule has 9 heteroatoms. The summed E-state index contributed by atoms with van der Waals surface area (Å²) in [5.74, 6) is -0.0400. The van der Waals surface area contributed by atoms with E-state index in [1.54, 1.807) is 0 Å². The first-order valence-electron chi connectivity index (χ1n) is 7.66. The molecule has 0 aliphatic heterocycles. The van der Waals surface area contributed by atoms with Gasteiger partial charge in [0.2, 0.25) is 5.75 Å². The molecule has 2 aromatic rings. The molecule has 6 nitrogen and oxygen atoms in total. The Morgan fingerprint density at radius 2 is 1.70 bits per heavy atom. The summed E-state index contributed by atoms with van der Waals surface area (Å²) < 4.78 is 54.3. The van der Waals surface area contributed by atoms with E-state index in [2.05, 4.69) is 10.5 Å². The van der Waals surface area contributed by atoms with Crippen LogP contribution in [0.25, 0.3) is 0 Å². The van der Waals surface area contributed by atoms with Crippen LogP contribution in [0.4, 0.5) is 18.9 Å². The van der Waals surface area contributed by atoms with E-state index in [0.29, 0.717) is 5.56 Å². The Morgan fingerprint density at radius 1 is 1.11 bits per heavy atom. The smallest absolute Gasteiger partial charge is 0.418 e. The van der Waals surface area contributed by atoms with Crippen molar-refractivity contribution in [2.45, 2.75) is 13.1 Å². The van der Waals surface area contributed by atoms with Crippen LogP contribution in [0.1, 0.15) is 18.1 Å². The van der Waals surface area contributed by atoms with E-state index >= 15 is 0 Å². The van der Waals surface area contributed by atoms with E-state index in [1.807, 2.05) is 0 Å². The minimum absolute atomic E-state index is 0.0972. The average molecular weight is 382 g/mol. The number of rotatable bonds is 6. The lowest BCUT2D eigenvalue weighted by molar-refractivity contribution is -0.137. The predicted molar refractivity (Wildman–Crippen MR) is 93.5 cm³/mol. The van der Waals surface area contributed by atoms with Crippen molar-refractivity contribution in [1.82, 2.24) is 0 Å². The lowest BCUT2D eigenvalue weighted by atomic mass is 10.2. The maximum Gasteiger partial charge on any atom is 0.418 e. The van der Waals surface area contributed by atoms with Gasteiger partial charge in [0.15, 0.2) is 11.5 Å². The standard InChI is InChI=1S/C18H17F3N2O4/c1-11(24)27-17-15(25-2)8-12(9-16(17)26-3)10-22-23-14-7-5-4-6-13(14)18(19,20)21/h4-10,23H,1-3H3. The van der Waals surface area contributed by atoms with Gasteiger partial charge in [-0.3, -0.25) is 10.2 Å². The second-order valence-electron chi connectivity index (χ2n) is 5.26. The maximum atomic E-state index is 13.0. The van der Waals surface area contributed by atoms with Crippen LogP contribution in [0.15, 0.2) is 41.5 Å². The lowest BCUT2D eigenvalue weighted by Gasteiger charge is -2.13. The highest BCUT2D eigenvalue weighted by Crippen LogP contribution is 2.38. The fourth-order valence-electron chi connectivity index (χ4n) is 2.22. The largest absolute Gasteiger partial charge is 0.493 e. The first-order chi connectivity index (χ1) is 12.8. The highest BCUT2D eigenvalue weighted by atomic mass is 19.4. The third-order valence-electron chi connectivity index (χ3n) is 3.36. The third-order valence-corrected chi connectivity index (χ3v) is 3.36. The van der Waals surface area contributed by atoms with Crippen LogP contribution in [0.2, 0.25) is 0 Å². The molecule has 0 unspecified atom stereocenters. The number of carbonyl (C=O) groups excluding carboxylic acids is 1. The Bertz CT molecular complexity index is 826. The zero-order valence-corrected chi connectivity index (χ0v) is 14.8. The molecule has 0 atom stereocenters. The van der Waals surface area contributed by atoms with Gasteiger partial charge in [0, 0.05) is 12.5 Å². The molecule has 0 fully saturated rings. The fourth-order valence-corrected chi connectivity index (χ4v) is 2.22. The number of benzene rings is 2. The van der Waals surface area contributed by atoms with Crippen molar-refractivity contribution in [3.8, 4) is 17.2 Å². The van der Waals surface area contributed by atoms with Gasteiger partial charge in [0.05, 0.1) is 31.7 Å². The van der Waals surface area contributed by atoms with Crippen LogP contribution in [-0.2, 0) is 11.0 Å². The van der Waals surface area contributed by atoms with Crippen molar-refractivity contribution < 1.29 is 32.2 Å². The molecular weight excluding hydrogens is 365 g/mol. The summed E-state index contributed by atoms with van der Waals surface area (Å²) in [7, 11) is 2.75. The first kappa shape index (κ1) is 20.1. The lowest BCUT2D eigenvalue weighted by Crippen LogP contribution is -2.08. The molecule has 0 aliphatic rings. The van der Waals surface area contributed by atoms with E-state index in [4.69, 9.17) is 14.2 Å². The van der Waals surface area contributed by atoms with Crippen molar-refractivity contribution in [1.29, 1.82) is 0 Å². The summed E-state index contributed by atoms with van der Waals surface area (Å²) in [6.45, 7) is 1.23. The number of hydrazone groups is 1. The van der Waals surface area contributed by atoms with E-state index < -0.39 is 17.7 Å². The number of alkyl halides is 3. The van der Waals surface area contributed by atoms with Gasteiger partial charge in [-0.05, 0) is 24.3 Å². The van der Waals surface area contributed by atoms with Crippen molar-refractivity contribution >= 4 is 17.9 Å². The molecule has 0 heterocycles. The van der Waals surface area contributed by atoms with Crippen LogP contribution in [0.5, 0.6) is 17.2 Å². The average Bonchev–Trinajstić information content (AvgIpc) is 2.61. The summed E-state index contributed by atoms with van der Waals surface area (Å²) in [5.41, 5.74) is 1.81. The molecule has 144 valence electrons. The Morgan fingerprint density at radius 3 is 2.22 bits per heavy atom. The molecular formula is C18H17F3N2O4. The summed E-state index contributed by atoms with van der Waals surface area (Å²) in [6.07, 6.45) is -3.22. The van der Waals surface area contributed by atoms with Crippen LogP contribution in [0, 0.1) is 0 Å². The van der Waals surface area contributed by atoms with Gasteiger partial charge in [-0.25, -0.2) is 0 Å². The van der Waals surface area contributed by atoms with Crippen molar-refractivity contribution in [2.75, 3.05) is 19.6 Å². The number of halogens is 3. The van der Waals surface area contributed by atoms with Crippen molar-refractivity contribution in [3.05, 3.63) is 47.5 Å². The number of esters is 1. The molecule has 0 radical (unpaired) electrons. The molecule has 0 bridgehead atoms. The molecule has 2 rings (SSSR count). The number of nitrogens with zero attached hydrogens (tertiary/aromatic N) is 1. The number of nitrogens with one attached hydrogen (secondary N) is 1. The van der Waals surface area contributed by atoms with Crippen LogP contribution >= 0.6 is 0 Å². The maximum absolute atomic E-state index is 13.0. The van der Waals surface area contributed by atoms with Gasteiger partial charge in [0.25, 0.3) is 0 Å². The highest BCUT2D eigenvalue weighted by Gasteiger charge is 2.33. The second kappa shape index (κ2) is 8.43. The second-order valence-corrected chi connectivity index (χ2v) is 5.26. The number of anilines is 1. The van der Waals surface area contributed by atoms with Crippen molar-refractivity contribution in [3.63, 3.8) is 0 Å².